The molecule has 6 nitrogen and oxygen atoms in total. The first-order valence-electron chi connectivity index (χ1n) is 7.73. The predicted octanol–water partition coefficient (Wildman–Crippen LogP) is 2.23. The molecular formula is C16H22N4O2. The van der Waals surface area contributed by atoms with E-state index in [9.17, 15) is 4.79 Å². The first-order valence-corrected chi connectivity index (χ1v) is 7.73. The Hall–Kier alpha value is -2.08. The number of aromatic nitrogens is 2. The van der Waals surface area contributed by atoms with Crippen molar-refractivity contribution in [3.63, 3.8) is 0 Å². The average molecular weight is 302 g/mol. The highest BCUT2D eigenvalue weighted by Gasteiger charge is 2.29. The van der Waals surface area contributed by atoms with Crippen molar-refractivity contribution in [3.8, 4) is 0 Å². The van der Waals surface area contributed by atoms with E-state index < -0.39 is 0 Å². The number of para-hydroxylation sites is 2. The fraction of sp³-hybridized carbons (Fsp3) is 0.500. The molecule has 22 heavy (non-hydrogen) atoms. The Kier molecular flexibility index (Phi) is 4.29. The van der Waals surface area contributed by atoms with Crippen LogP contribution in [0.15, 0.2) is 24.3 Å². The first-order chi connectivity index (χ1) is 10.7. The molecule has 1 aromatic carbocycles. The number of ether oxygens (including phenoxy) is 1. The van der Waals surface area contributed by atoms with Crippen LogP contribution in [0.1, 0.15) is 19.2 Å². The number of benzene rings is 1. The molecule has 0 saturated carbocycles. The number of nitrogens with zero attached hydrogens (tertiary/aromatic N) is 3. The second kappa shape index (κ2) is 6.36. The smallest absolute Gasteiger partial charge is 0.409 e. The molecule has 1 amide bonds. The van der Waals surface area contributed by atoms with Crippen molar-refractivity contribution in [2.45, 2.75) is 25.9 Å². The Morgan fingerprint density at radius 3 is 3.09 bits per heavy atom. The molecular weight excluding hydrogens is 280 g/mol. The number of imidazole rings is 1. The number of carbonyl (C=O) groups is 1. The number of nitrogens with one attached hydrogen (secondary N) is 1. The maximum Gasteiger partial charge on any atom is 0.409 e. The largest absolute Gasteiger partial charge is 0.450 e. The highest BCUT2D eigenvalue weighted by molar-refractivity contribution is 5.74. The molecule has 1 fully saturated rings. The number of fused-ring (bicyclic) bond motifs is 1. The van der Waals surface area contributed by atoms with Gasteiger partial charge in [0.2, 0.25) is 0 Å². The lowest BCUT2D eigenvalue weighted by Crippen LogP contribution is -2.36. The van der Waals surface area contributed by atoms with Gasteiger partial charge in [-0.1, -0.05) is 12.1 Å². The van der Waals surface area contributed by atoms with E-state index in [4.69, 9.17) is 4.74 Å². The summed E-state index contributed by atoms with van der Waals surface area (Å²) in [6.07, 6.45) is 0.761. The molecule has 1 aliphatic heterocycles. The number of likely N-dealkylation sites (tertiary alicyclic amines) is 1. The molecule has 1 saturated heterocycles. The topological polar surface area (TPSA) is 61.5 Å². The molecule has 1 unspecified atom stereocenters. The van der Waals surface area contributed by atoms with Gasteiger partial charge in [0.15, 0.2) is 0 Å². The van der Waals surface area contributed by atoms with Crippen LogP contribution in [-0.4, -0.2) is 58.6 Å². The molecule has 1 aromatic heterocycles. The maximum atomic E-state index is 11.8. The summed E-state index contributed by atoms with van der Waals surface area (Å²) in [6.45, 7) is 4.48. The van der Waals surface area contributed by atoms with Gasteiger partial charge in [0, 0.05) is 19.1 Å². The lowest BCUT2D eigenvalue weighted by atomic mass is 10.2. The third kappa shape index (κ3) is 3.06. The van der Waals surface area contributed by atoms with Crippen LogP contribution in [0.4, 0.5) is 4.79 Å². The normalized spacial score (nSPS) is 18.3. The lowest BCUT2D eigenvalue weighted by Gasteiger charge is -2.23. The van der Waals surface area contributed by atoms with Crippen molar-refractivity contribution in [2.24, 2.45) is 0 Å². The fourth-order valence-electron chi connectivity index (χ4n) is 2.93. The molecule has 2 heterocycles. The summed E-state index contributed by atoms with van der Waals surface area (Å²) < 4.78 is 5.06. The van der Waals surface area contributed by atoms with E-state index in [0.717, 1.165) is 42.9 Å². The molecule has 0 aliphatic carbocycles. The van der Waals surface area contributed by atoms with E-state index in [0.29, 0.717) is 12.6 Å². The summed E-state index contributed by atoms with van der Waals surface area (Å²) in [4.78, 5) is 23.7. The van der Waals surface area contributed by atoms with E-state index in [1.165, 1.54) is 0 Å². The van der Waals surface area contributed by atoms with E-state index in [1.807, 2.05) is 31.2 Å². The van der Waals surface area contributed by atoms with Gasteiger partial charge < -0.3 is 14.6 Å². The summed E-state index contributed by atoms with van der Waals surface area (Å²) in [6, 6.07) is 8.38. The predicted molar refractivity (Wildman–Crippen MR) is 84.6 cm³/mol. The standard InChI is InChI=1S/C16H22N4O2/c1-3-22-16(21)20-9-8-12(10-20)19(2)11-15-17-13-6-4-5-7-14(13)18-15/h4-7,12H,3,8-11H2,1-2H3,(H,17,18). The molecule has 2 aromatic rings. The molecule has 1 N–H and O–H groups in total. The minimum Gasteiger partial charge on any atom is -0.450 e. The van der Waals surface area contributed by atoms with Crippen molar-refractivity contribution in [3.05, 3.63) is 30.1 Å². The van der Waals surface area contributed by atoms with Crippen molar-refractivity contribution in [2.75, 3.05) is 26.7 Å². The van der Waals surface area contributed by atoms with Gasteiger partial charge in [-0.05, 0) is 32.5 Å². The van der Waals surface area contributed by atoms with Crippen molar-refractivity contribution in [1.29, 1.82) is 0 Å². The Morgan fingerprint density at radius 1 is 1.50 bits per heavy atom. The van der Waals surface area contributed by atoms with Crippen LogP contribution in [-0.2, 0) is 11.3 Å². The Bertz CT molecular complexity index is 621. The second-order valence-corrected chi connectivity index (χ2v) is 5.70. The molecule has 0 spiro atoms. The van der Waals surface area contributed by atoms with Crippen LogP contribution in [0.2, 0.25) is 0 Å². The average Bonchev–Trinajstić information content (AvgIpc) is 3.13. The van der Waals surface area contributed by atoms with Crippen molar-refractivity contribution >= 4 is 17.1 Å². The minimum atomic E-state index is -0.206. The Morgan fingerprint density at radius 2 is 2.32 bits per heavy atom. The molecule has 0 radical (unpaired) electrons. The number of hydrogen-bond acceptors (Lipinski definition) is 4. The van der Waals surface area contributed by atoms with Gasteiger partial charge in [-0.25, -0.2) is 9.78 Å². The number of aromatic amines is 1. The number of likely N-dealkylation sites (N-methyl/N-ethyl adjacent to an activating group) is 1. The number of rotatable bonds is 4. The first kappa shape index (κ1) is 14.8. The highest BCUT2D eigenvalue weighted by atomic mass is 16.6. The van der Waals surface area contributed by atoms with Gasteiger partial charge in [-0.3, -0.25) is 4.90 Å². The lowest BCUT2D eigenvalue weighted by molar-refractivity contribution is 0.112. The number of H-pyrrole nitrogens is 1. The summed E-state index contributed by atoms with van der Waals surface area (Å²) in [5, 5.41) is 0. The quantitative estimate of drug-likeness (QED) is 0.941. The van der Waals surface area contributed by atoms with Crippen LogP contribution in [0.5, 0.6) is 0 Å². The zero-order chi connectivity index (χ0) is 15.5. The Balaban J connectivity index is 1.60. The van der Waals surface area contributed by atoms with Gasteiger partial charge in [0.25, 0.3) is 0 Å². The third-order valence-electron chi connectivity index (χ3n) is 4.15. The van der Waals surface area contributed by atoms with Crippen LogP contribution in [0, 0.1) is 0 Å². The van der Waals surface area contributed by atoms with Crippen LogP contribution >= 0.6 is 0 Å². The van der Waals surface area contributed by atoms with E-state index in [2.05, 4.69) is 21.9 Å². The summed E-state index contributed by atoms with van der Waals surface area (Å²) in [5.74, 6) is 0.957. The van der Waals surface area contributed by atoms with Crippen molar-refractivity contribution in [1.82, 2.24) is 19.8 Å². The minimum absolute atomic E-state index is 0.206. The molecule has 0 bridgehead atoms. The van der Waals surface area contributed by atoms with Gasteiger partial charge in [-0.2, -0.15) is 0 Å². The van der Waals surface area contributed by atoms with Gasteiger partial charge in [0.1, 0.15) is 5.82 Å². The fourth-order valence-corrected chi connectivity index (χ4v) is 2.93. The van der Waals surface area contributed by atoms with Crippen LogP contribution in [0.3, 0.4) is 0 Å². The number of carbonyl (C=O) groups excluding carboxylic acids is 1. The van der Waals surface area contributed by atoms with Gasteiger partial charge in [0.05, 0.1) is 24.2 Å². The maximum absolute atomic E-state index is 11.8. The molecule has 118 valence electrons. The van der Waals surface area contributed by atoms with Crippen molar-refractivity contribution < 1.29 is 9.53 Å². The summed E-state index contributed by atoms with van der Waals surface area (Å²) >= 11 is 0. The van der Waals surface area contributed by atoms with Gasteiger partial charge >= 0.3 is 6.09 Å². The number of amides is 1. The summed E-state index contributed by atoms with van der Waals surface area (Å²) in [5.41, 5.74) is 2.05. The monoisotopic (exact) mass is 302 g/mol. The molecule has 1 atom stereocenters. The summed E-state index contributed by atoms with van der Waals surface area (Å²) in [7, 11) is 2.08. The number of hydrogen-bond donors (Lipinski definition) is 1. The molecule has 3 rings (SSSR count). The van der Waals surface area contributed by atoms with Crippen LogP contribution in [0.25, 0.3) is 11.0 Å². The second-order valence-electron chi connectivity index (χ2n) is 5.70. The Labute approximate surface area is 130 Å². The highest BCUT2D eigenvalue weighted by Crippen LogP contribution is 2.18. The van der Waals surface area contributed by atoms with E-state index in [1.54, 1.807) is 4.90 Å². The molecule has 1 aliphatic rings. The zero-order valence-electron chi connectivity index (χ0n) is 13.1. The molecule has 6 heteroatoms. The van der Waals surface area contributed by atoms with Gasteiger partial charge in [-0.15, -0.1) is 0 Å². The van der Waals surface area contributed by atoms with Crippen LogP contribution < -0.4 is 0 Å². The van der Waals surface area contributed by atoms with E-state index in [-0.39, 0.29) is 6.09 Å². The SMILES string of the molecule is CCOC(=O)N1CCC(N(C)Cc2nc3ccccc3[nH]2)C1. The zero-order valence-corrected chi connectivity index (χ0v) is 13.1. The third-order valence-corrected chi connectivity index (χ3v) is 4.15. The van der Waals surface area contributed by atoms with E-state index >= 15 is 0 Å².